The predicted molar refractivity (Wildman–Crippen MR) is 120 cm³/mol. The minimum atomic E-state index is -0.466. The standard InChI is InChI=1S/C24H23F2N5O2/c25-19-2-3-20(26)18(11-19)15-31-6-5-27-23-22(31)12-17(14-29-23)16-1-4-21(28-13-16)24(32)30-7-9-33-10-8-30/h1-4,11-14H,5-10,15H2,(H,27,29). The molecule has 0 aliphatic carbocycles. The lowest BCUT2D eigenvalue weighted by Gasteiger charge is -2.32. The summed E-state index contributed by atoms with van der Waals surface area (Å²) in [6.07, 6.45) is 3.39. The second-order valence-corrected chi connectivity index (χ2v) is 8.01. The van der Waals surface area contributed by atoms with Crippen LogP contribution in [0.15, 0.2) is 48.8 Å². The van der Waals surface area contributed by atoms with E-state index < -0.39 is 11.6 Å². The molecule has 2 aliphatic rings. The van der Waals surface area contributed by atoms with Crippen molar-refractivity contribution in [2.24, 2.45) is 0 Å². The van der Waals surface area contributed by atoms with Crippen molar-refractivity contribution in [3.63, 3.8) is 0 Å². The van der Waals surface area contributed by atoms with Gasteiger partial charge in [0.1, 0.15) is 23.1 Å². The Balaban J connectivity index is 1.38. The third-order valence-corrected chi connectivity index (χ3v) is 5.87. The van der Waals surface area contributed by atoms with Crippen LogP contribution in [0.25, 0.3) is 11.1 Å². The van der Waals surface area contributed by atoms with Gasteiger partial charge in [0.15, 0.2) is 0 Å². The van der Waals surface area contributed by atoms with Gasteiger partial charge in [0.05, 0.1) is 18.9 Å². The third kappa shape index (κ3) is 4.49. The maximum atomic E-state index is 14.2. The quantitative estimate of drug-likeness (QED) is 0.656. The third-order valence-electron chi connectivity index (χ3n) is 5.87. The molecule has 1 aromatic carbocycles. The highest BCUT2D eigenvalue weighted by molar-refractivity contribution is 5.92. The highest BCUT2D eigenvalue weighted by atomic mass is 19.1. The Labute approximate surface area is 190 Å². The molecule has 0 unspecified atom stereocenters. The Hall–Kier alpha value is -3.59. The highest BCUT2D eigenvalue weighted by Gasteiger charge is 2.22. The first-order chi connectivity index (χ1) is 16.1. The van der Waals surface area contributed by atoms with Gasteiger partial charge in [-0.25, -0.2) is 13.8 Å². The molecule has 1 saturated heterocycles. The summed E-state index contributed by atoms with van der Waals surface area (Å²) in [6, 6.07) is 8.99. The zero-order valence-electron chi connectivity index (χ0n) is 17.9. The first kappa shape index (κ1) is 21.3. The number of halogens is 2. The van der Waals surface area contributed by atoms with Gasteiger partial charge in [-0.3, -0.25) is 9.78 Å². The van der Waals surface area contributed by atoms with Gasteiger partial charge in [-0.05, 0) is 30.3 Å². The number of carbonyl (C=O) groups excluding carboxylic acids is 1. The van der Waals surface area contributed by atoms with E-state index in [1.807, 2.05) is 17.0 Å². The molecule has 2 aliphatic heterocycles. The molecule has 9 heteroatoms. The number of nitrogens with one attached hydrogen (secondary N) is 1. The second-order valence-electron chi connectivity index (χ2n) is 8.01. The molecule has 7 nitrogen and oxygen atoms in total. The number of amides is 1. The van der Waals surface area contributed by atoms with E-state index in [0.29, 0.717) is 56.5 Å². The minimum Gasteiger partial charge on any atom is -0.378 e. The summed E-state index contributed by atoms with van der Waals surface area (Å²) in [5.41, 5.74) is 3.11. The molecule has 170 valence electrons. The fourth-order valence-electron chi connectivity index (χ4n) is 4.07. The molecule has 0 bridgehead atoms. The molecule has 2 aromatic heterocycles. The predicted octanol–water partition coefficient (Wildman–Crippen LogP) is 3.33. The van der Waals surface area contributed by atoms with Crippen LogP contribution in [-0.4, -0.2) is 60.2 Å². The van der Waals surface area contributed by atoms with Crippen LogP contribution in [0.3, 0.4) is 0 Å². The first-order valence-corrected chi connectivity index (χ1v) is 10.8. The summed E-state index contributed by atoms with van der Waals surface area (Å²) in [4.78, 5) is 25.2. The topological polar surface area (TPSA) is 70.6 Å². The van der Waals surface area contributed by atoms with E-state index in [4.69, 9.17) is 4.74 Å². The number of rotatable bonds is 4. The van der Waals surface area contributed by atoms with Gasteiger partial charge in [-0.1, -0.05) is 6.07 Å². The number of carbonyl (C=O) groups is 1. The highest BCUT2D eigenvalue weighted by Crippen LogP contribution is 2.33. The maximum Gasteiger partial charge on any atom is 0.272 e. The zero-order valence-corrected chi connectivity index (χ0v) is 17.9. The van der Waals surface area contributed by atoms with Crippen LogP contribution in [0.1, 0.15) is 16.1 Å². The normalized spacial score (nSPS) is 15.7. The fourth-order valence-corrected chi connectivity index (χ4v) is 4.07. The van der Waals surface area contributed by atoms with Crippen LogP contribution < -0.4 is 10.2 Å². The van der Waals surface area contributed by atoms with E-state index in [9.17, 15) is 13.6 Å². The summed E-state index contributed by atoms with van der Waals surface area (Å²) in [5, 5.41) is 3.25. The average Bonchev–Trinajstić information content (AvgIpc) is 2.86. The zero-order chi connectivity index (χ0) is 22.8. The van der Waals surface area contributed by atoms with Crippen molar-refractivity contribution in [1.82, 2.24) is 14.9 Å². The number of hydrogen-bond donors (Lipinski definition) is 1. The van der Waals surface area contributed by atoms with Crippen molar-refractivity contribution >= 4 is 17.4 Å². The van der Waals surface area contributed by atoms with Crippen molar-refractivity contribution in [3.05, 3.63) is 71.7 Å². The Morgan fingerprint density at radius 1 is 1.00 bits per heavy atom. The SMILES string of the molecule is O=C(c1ccc(-c2cnc3c(c2)N(Cc2cc(F)ccc2F)CCN3)cn1)N1CCOCC1. The molecular weight excluding hydrogens is 428 g/mol. The van der Waals surface area contributed by atoms with Gasteiger partial charge in [0, 0.05) is 61.8 Å². The first-order valence-electron chi connectivity index (χ1n) is 10.8. The Morgan fingerprint density at radius 2 is 1.82 bits per heavy atom. The van der Waals surface area contributed by atoms with Crippen LogP contribution in [-0.2, 0) is 11.3 Å². The molecular formula is C24H23F2N5O2. The molecule has 4 heterocycles. The number of hydrogen-bond acceptors (Lipinski definition) is 6. The van der Waals surface area contributed by atoms with E-state index in [0.717, 1.165) is 28.9 Å². The molecule has 3 aromatic rings. The average molecular weight is 451 g/mol. The fraction of sp³-hybridized carbons (Fsp3) is 0.292. The molecule has 33 heavy (non-hydrogen) atoms. The van der Waals surface area contributed by atoms with Gasteiger partial charge >= 0.3 is 0 Å². The van der Waals surface area contributed by atoms with Gasteiger partial charge < -0.3 is 19.9 Å². The molecule has 1 N–H and O–H groups in total. The monoisotopic (exact) mass is 451 g/mol. The van der Waals surface area contributed by atoms with Gasteiger partial charge in [-0.15, -0.1) is 0 Å². The summed E-state index contributed by atoms with van der Waals surface area (Å²) < 4.78 is 33.1. The van der Waals surface area contributed by atoms with E-state index >= 15 is 0 Å². The summed E-state index contributed by atoms with van der Waals surface area (Å²) in [7, 11) is 0. The molecule has 0 saturated carbocycles. The van der Waals surface area contributed by atoms with Crippen LogP contribution in [0.4, 0.5) is 20.3 Å². The number of pyridine rings is 2. The lowest BCUT2D eigenvalue weighted by Crippen LogP contribution is -2.41. The maximum absolute atomic E-state index is 14.2. The van der Waals surface area contributed by atoms with Gasteiger partial charge in [-0.2, -0.15) is 0 Å². The summed E-state index contributed by atoms with van der Waals surface area (Å²) in [5.74, 6) is -0.327. The lowest BCUT2D eigenvalue weighted by atomic mass is 10.1. The second kappa shape index (κ2) is 9.11. The number of nitrogens with zero attached hydrogens (tertiary/aromatic N) is 4. The van der Waals surface area contributed by atoms with Crippen molar-refractivity contribution in [1.29, 1.82) is 0 Å². The van der Waals surface area contributed by atoms with Crippen molar-refractivity contribution in [2.75, 3.05) is 49.6 Å². The molecule has 1 fully saturated rings. The Kier molecular flexibility index (Phi) is 5.87. The largest absolute Gasteiger partial charge is 0.378 e. The number of benzene rings is 1. The van der Waals surface area contributed by atoms with E-state index in [1.165, 1.54) is 6.07 Å². The molecule has 0 atom stereocenters. The number of anilines is 2. The van der Waals surface area contributed by atoms with Gasteiger partial charge in [0.2, 0.25) is 0 Å². The lowest BCUT2D eigenvalue weighted by molar-refractivity contribution is 0.0299. The van der Waals surface area contributed by atoms with Gasteiger partial charge in [0.25, 0.3) is 5.91 Å². The smallest absolute Gasteiger partial charge is 0.272 e. The Bertz CT molecular complexity index is 1170. The van der Waals surface area contributed by atoms with E-state index in [2.05, 4.69) is 15.3 Å². The van der Waals surface area contributed by atoms with Crippen LogP contribution in [0, 0.1) is 11.6 Å². The van der Waals surface area contributed by atoms with Crippen molar-refractivity contribution in [3.8, 4) is 11.1 Å². The molecule has 5 rings (SSSR count). The van der Waals surface area contributed by atoms with E-state index in [1.54, 1.807) is 23.4 Å². The minimum absolute atomic E-state index is 0.110. The molecule has 0 radical (unpaired) electrons. The summed E-state index contributed by atoms with van der Waals surface area (Å²) >= 11 is 0. The van der Waals surface area contributed by atoms with E-state index in [-0.39, 0.29) is 12.5 Å². The van der Waals surface area contributed by atoms with Crippen LogP contribution in [0.2, 0.25) is 0 Å². The number of ether oxygens (including phenoxy) is 1. The summed E-state index contributed by atoms with van der Waals surface area (Å²) in [6.45, 7) is 3.70. The van der Waals surface area contributed by atoms with Crippen molar-refractivity contribution < 1.29 is 18.3 Å². The number of morpholine rings is 1. The van der Waals surface area contributed by atoms with Crippen molar-refractivity contribution in [2.45, 2.75) is 6.54 Å². The molecule has 1 amide bonds. The molecule has 0 spiro atoms. The number of aromatic nitrogens is 2. The van der Waals surface area contributed by atoms with Crippen LogP contribution in [0.5, 0.6) is 0 Å². The Morgan fingerprint density at radius 3 is 2.61 bits per heavy atom. The number of fused-ring (bicyclic) bond motifs is 1. The van der Waals surface area contributed by atoms with Crippen LogP contribution >= 0.6 is 0 Å².